The minimum absolute atomic E-state index is 0.217. The molecule has 2 heterocycles. The van der Waals surface area contributed by atoms with E-state index in [0.29, 0.717) is 0 Å². The third kappa shape index (κ3) is 6.20. The predicted octanol–water partition coefficient (Wildman–Crippen LogP) is 4.33. The summed E-state index contributed by atoms with van der Waals surface area (Å²) in [5.41, 5.74) is 1.67. The van der Waals surface area contributed by atoms with Gasteiger partial charge in [-0.1, -0.05) is 25.5 Å². The molecule has 0 saturated carbocycles. The number of hydrogen-bond acceptors (Lipinski definition) is 4. The molecule has 2 fully saturated rings. The van der Waals surface area contributed by atoms with Crippen LogP contribution in [-0.4, -0.2) is 69.4 Å². The number of ether oxygens (including phenoxy) is 2. The quantitative estimate of drug-likeness (QED) is 0.527. The molecule has 0 atom stereocenters. The topological polar surface area (TPSA) is 24.9 Å². The molecule has 0 radical (unpaired) electrons. The van der Waals surface area contributed by atoms with E-state index in [-0.39, 0.29) is 5.41 Å². The van der Waals surface area contributed by atoms with Gasteiger partial charge in [0, 0.05) is 31.7 Å². The third-order valence-corrected chi connectivity index (χ3v) is 6.47. The fraction of sp³-hybridized carbons (Fsp3) is 0.750. The molecule has 0 amide bonds. The zero-order valence-corrected chi connectivity index (χ0v) is 18.1. The zero-order chi connectivity index (χ0) is 19.7. The van der Waals surface area contributed by atoms with Gasteiger partial charge < -0.3 is 19.3 Å². The third-order valence-electron chi connectivity index (χ3n) is 6.47. The summed E-state index contributed by atoms with van der Waals surface area (Å²) in [6, 6.07) is 8.95. The van der Waals surface area contributed by atoms with Crippen molar-refractivity contribution in [2.75, 3.05) is 59.6 Å². The van der Waals surface area contributed by atoms with Crippen molar-refractivity contribution in [3.8, 4) is 5.75 Å². The predicted molar refractivity (Wildman–Crippen MR) is 116 cm³/mol. The van der Waals surface area contributed by atoms with Crippen molar-refractivity contribution in [3.63, 3.8) is 0 Å². The van der Waals surface area contributed by atoms with E-state index in [1.54, 1.807) is 0 Å². The van der Waals surface area contributed by atoms with Gasteiger partial charge in [-0.3, -0.25) is 0 Å². The van der Waals surface area contributed by atoms with Crippen LogP contribution in [0.3, 0.4) is 0 Å². The Kier molecular flexibility index (Phi) is 8.63. The Labute approximate surface area is 172 Å². The average molecular weight is 389 g/mol. The van der Waals surface area contributed by atoms with Crippen LogP contribution >= 0.6 is 0 Å². The fourth-order valence-electron chi connectivity index (χ4n) is 4.71. The minimum Gasteiger partial charge on any atom is -0.494 e. The summed E-state index contributed by atoms with van der Waals surface area (Å²) in [5, 5.41) is 0. The van der Waals surface area contributed by atoms with Crippen LogP contribution < -0.4 is 4.74 Å². The second kappa shape index (κ2) is 11.2. The maximum absolute atomic E-state index is 6.01. The molecule has 0 aromatic heterocycles. The molecular weight excluding hydrogens is 348 g/mol. The summed E-state index contributed by atoms with van der Waals surface area (Å²) in [4.78, 5) is 5.06. The van der Waals surface area contributed by atoms with Crippen LogP contribution in [0.15, 0.2) is 24.3 Å². The first-order chi connectivity index (χ1) is 13.7. The number of rotatable bonds is 11. The highest BCUT2D eigenvalue weighted by atomic mass is 16.5. The monoisotopic (exact) mass is 388 g/mol. The molecule has 158 valence electrons. The van der Waals surface area contributed by atoms with E-state index in [2.05, 4.69) is 48.0 Å². The highest BCUT2D eigenvalue weighted by molar-refractivity contribution is 5.33. The normalized spacial score (nSPS) is 20.0. The van der Waals surface area contributed by atoms with Gasteiger partial charge in [-0.25, -0.2) is 0 Å². The lowest BCUT2D eigenvalue weighted by atomic mass is 9.73. The number of unbranched alkanes of at least 4 members (excludes halogenated alkanes) is 1. The molecule has 4 heteroatoms. The zero-order valence-electron chi connectivity index (χ0n) is 18.1. The molecule has 3 rings (SSSR count). The van der Waals surface area contributed by atoms with Crippen molar-refractivity contribution in [2.24, 2.45) is 0 Å². The molecular formula is C24H40N2O2. The lowest BCUT2D eigenvalue weighted by Crippen LogP contribution is -2.43. The summed E-state index contributed by atoms with van der Waals surface area (Å²) in [6.07, 6.45) is 8.59. The van der Waals surface area contributed by atoms with Gasteiger partial charge in [0.25, 0.3) is 0 Å². The van der Waals surface area contributed by atoms with Crippen LogP contribution in [0.25, 0.3) is 0 Å². The van der Waals surface area contributed by atoms with E-state index >= 15 is 0 Å². The Morgan fingerprint density at radius 2 is 1.79 bits per heavy atom. The lowest BCUT2D eigenvalue weighted by molar-refractivity contribution is 0.0372. The number of hydrogen-bond donors (Lipinski definition) is 0. The van der Waals surface area contributed by atoms with Crippen molar-refractivity contribution < 1.29 is 9.47 Å². The second-order valence-electron chi connectivity index (χ2n) is 8.76. The van der Waals surface area contributed by atoms with E-state index in [9.17, 15) is 0 Å². The van der Waals surface area contributed by atoms with E-state index in [1.165, 1.54) is 57.4 Å². The van der Waals surface area contributed by atoms with Crippen LogP contribution in [0.2, 0.25) is 0 Å². The molecule has 2 saturated heterocycles. The summed E-state index contributed by atoms with van der Waals surface area (Å²) in [7, 11) is 2.27. The molecule has 1 aromatic carbocycles. The number of nitrogens with zero attached hydrogens (tertiary/aromatic N) is 2. The van der Waals surface area contributed by atoms with Crippen molar-refractivity contribution in [3.05, 3.63) is 29.8 Å². The number of benzene rings is 1. The maximum atomic E-state index is 6.01. The molecule has 1 aromatic rings. The van der Waals surface area contributed by atoms with Crippen LogP contribution in [0.5, 0.6) is 5.75 Å². The Hall–Kier alpha value is -1.10. The molecule has 28 heavy (non-hydrogen) atoms. The Bertz CT molecular complexity index is 548. The Morgan fingerprint density at radius 1 is 1.07 bits per heavy atom. The molecule has 4 nitrogen and oxygen atoms in total. The van der Waals surface area contributed by atoms with Crippen molar-refractivity contribution >= 4 is 0 Å². The molecule has 0 N–H and O–H groups in total. The molecule has 0 unspecified atom stereocenters. The van der Waals surface area contributed by atoms with Gasteiger partial charge in [-0.15, -0.1) is 0 Å². The fourth-order valence-corrected chi connectivity index (χ4v) is 4.71. The van der Waals surface area contributed by atoms with E-state index < -0.39 is 0 Å². The van der Waals surface area contributed by atoms with Crippen molar-refractivity contribution in [1.29, 1.82) is 0 Å². The first-order valence-electron chi connectivity index (χ1n) is 11.4. The van der Waals surface area contributed by atoms with Gasteiger partial charge in [-0.2, -0.15) is 0 Å². The summed E-state index contributed by atoms with van der Waals surface area (Å²) in [6.45, 7) is 10.8. The standard InChI is InChI=1S/C24H40N2O2/c1-3-4-14-25(2)21-24(12-19-27-20-13-24)22-8-10-23(11-9-22)28-18-7-17-26-15-5-6-16-26/h8-11H,3-7,12-21H2,1-2H3. The molecule has 2 aliphatic heterocycles. The first kappa shape index (κ1) is 21.6. The van der Waals surface area contributed by atoms with Gasteiger partial charge in [0.15, 0.2) is 0 Å². The average Bonchev–Trinajstić information content (AvgIpc) is 3.24. The summed E-state index contributed by atoms with van der Waals surface area (Å²) < 4.78 is 11.7. The largest absolute Gasteiger partial charge is 0.494 e. The van der Waals surface area contributed by atoms with Crippen LogP contribution in [0, 0.1) is 0 Å². The Morgan fingerprint density at radius 3 is 2.46 bits per heavy atom. The second-order valence-corrected chi connectivity index (χ2v) is 8.76. The summed E-state index contributed by atoms with van der Waals surface area (Å²) >= 11 is 0. The van der Waals surface area contributed by atoms with Crippen molar-refractivity contribution in [2.45, 2.75) is 57.3 Å². The highest BCUT2D eigenvalue weighted by Crippen LogP contribution is 2.36. The van der Waals surface area contributed by atoms with Gasteiger partial charge in [0.1, 0.15) is 5.75 Å². The van der Waals surface area contributed by atoms with Gasteiger partial charge in [0.2, 0.25) is 0 Å². The van der Waals surface area contributed by atoms with Gasteiger partial charge >= 0.3 is 0 Å². The molecule has 2 aliphatic rings. The van der Waals surface area contributed by atoms with Crippen molar-refractivity contribution in [1.82, 2.24) is 9.80 Å². The number of likely N-dealkylation sites (tertiary alicyclic amines) is 1. The van der Waals surface area contributed by atoms with E-state index in [4.69, 9.17) is 9.47 Å². The Balaban J connectivity index is 1.53. The molecule has 0 aliphatic carbocycles. The SMILES string of the molecule is CCCCN(C)CC1(c2ccc(OCCCN3CCCC3)cc2)CCOCC1. The highest BCUT2D eigenvalue weighted by Gasteiger charge is 2.35. The lowest BCUT2D eigenvalue weighted by Gasteiger charge is -2.40. The smallest absolute Gasteiger partial charge is 0.119 e. The van der Waals surface area contributed by atoms with Gasteiger partial charge in [-0.05, 0) is 82.9 Å². The molecule has 0 bridgehead atoms. The maximum Gasteiger partial charge on any atom is 0.119 e. The van der Waals surface area contributed by atoms with Gasteiger partial charge in [0.05, 0.1) is 6.61 Å². The van der Waals surface area contributed by atoms with E-state index in [0.717, 1.165) is 51.4 Å². The first-order valence-corrected chi connectivity index (χ1v) is 11.4. The van der Waals surface area contributed by atoms with Crippen LogP contribution in [-0.2, 0) is 10.2 Å². The van der Waals surface area contributed by atoms with Crippen LogP contribution in [0.1, 0.15) is 57.4 Å². The minimum atomic E-state index is 0.217. The number of likely N-dealkylation sites (N-methyl/N-ethyl adjacent to an activating group) is 1. The van der Waals surface area contributed by atoms with Crippen LogP contribution in [0.4, 0.5) is 0 Å². The van der Waals surface area contributed by atoms with E-state index in [1.807, 2.05) is 0 Å². The summed E-state index contributed by atoms with van der Waals surface area (Å²) in [5.74, 6) is 1.01. The molecule has 0 spiro atoms.